The number of rotatable bonds is 2. The fraction of sp³-hybridized carbons (Fsp3) is 0.400. The van der Waals surface area contributed by atoms with Crippen LogP contribution in [0.1, 0.15) is 12.8 Å². The number of nitrogens with zero attached hydrogens (tertiary/aromatic N) is 3. The number of pyridine rings is 1. The molecule has 2 heterocycles. The molecule has 1 aliphatic carbocycles. The molecule has 4 heteroatoms. The molecule has 72 valence electrons. The number of aromatic nitrogens is 3. The maximum Gasteiger partial charge on any atom is 0.157 e. The van der Waals surface area contributed by atoms with Crippen molar-refractivity contribution in [3.8, 4) is 0 Å². The molecule has 1 aliphatic rings. The average Bonchev–Trinajstić information content (AvgIpc) is 2.89. The highest BCUT2D eigenvalue weighted by molar-refractivity contribution is 9.10. The molecule has 14 heavy (non-hydrogen) atoms. The predicted molar refractivity (Wildman–Crippen MR) is 58.0 cm³/mol. The van der Waals surface area contributed by atoms with E-state index >= 15 is 0 Å². The fourth-order valence-electron chi connectivity index (χ4n) is 1.62. The molecular formula is C10H10BrN3. The van der Waals surface area contributed by atoms with Gasteiger partial charge < -0.3 is 0 Å². The van der Waals surface area contributed by atoms with Crippen LogP contribution in [0.5, 0.6) is 0 Å². The Balaban J connectivity index is 2.06. The highest BCUT2D eigenvalue weighted by Gasteiger charge is 2.22. The van der Waals surface area contributed by atoms with E-state index in [1.165, 1.54) is 12.8 Å². The zero-order chi connectivity index (χ0) is 9.54. The molecule has 0 unspecified atom stereocenters. The van der Waals surface area contributed by atoms with E-state index in [1.807, 2.05) is 17.1 Å². The average molecular weight is 252 g/mol. The summed E-state index contributed by atoms with van der Waals surface area (Å²) in [5.74, 6) is 0.837. The summed E-state index contributed by atoms with van der Waals surface area (Å²) in [5, 5.41) is 5.46. The standard InChI is InChI=1S/C10H10BrN3/c11-9-3-8-4-13-14(6-7-1-2-7)10(8)12-5-9/h3-5,7H,1-2,6H2. The van der Waals surface area contributed by atoms with Gasteiger partial charge in [0, 0.05) is 22.6 Å². The van der Waals surface area contributed by atoms with E-state index in [0.717, 1.165) is 28.0 Å². The van der Waals surface area contributed by atoms with Crippen LogP contribution in [0, 0.1) is 5.92 Å². The molecule has 3 rings (SSSR count). The fourth-order valence-corrected chi connectivity index (χ4v) is 1.97. The van der Waals surface area contributed by atoms with Crippen LogP contribution in [-0.4, -0.2) is 14.8 Å². The van der Waals surface area contributed by atoms with Crippen LogP contribution in [0.2, 0.25) is 0 Å². The smallest absolute Gasteiger partial charge is 0.157 e. The minimum absolute atomic E-state index is 0.837. The van der Waals surface area contributed by atoms with E-state index < -0.39 is 0 Å². The van der Waals surface area contributed by atoms with Crippen molar-refractivity contribution in [2.75, 3.05) is 0 Å². The third kappa shape index (κ3) is 1.43. The van der Waals surface area contributed by atoms with Crippen LogP contribution in [0.3, 0.4) is 0 Å². The summed E-state index contributed by atoms with van der Waals surface area (Å²) in [4.78, 5) is 4.38. The molecule has 1 saturated carbocycles. The number of hydrogen-bond donors (Lipinski definition) is 0. The van der Waals surface area contributed by atoms with Gasteiger partial charge in [-0.25, -0.2) is 9.67 Å². The number of fused-ring (bicyclic) bond motifs is 1. The lowest BCUT2D eigenvalue weighted by Gasteiger charge is -1.99. The second kappa shape index (κ2) is 3.05. The molecule has 0 atom stereocenters. The molecule has 0 amide bonds. The Morgan fingerprint density at radius 3 is 3.07 bits per heavy atom. The van der Waals surface area contributed by atoms with E-state index in [1.54, 1.807) is 0 Å². The van der Waals surface area contributed by atoms with Gasteiger partial charge in [-0.1, -0.05) is 0 Å². The molecule has 1 fully saturated rings. The number of halogens is 1. The lowest BCUT2D eigenvalue weighted by molar-refractivity contribution is 0.576. The third-order valence-corrected chi connectivity index (χ3v) is 3.00. The van der Waals surface area contributed by atoms with Gasteiger partial charge in [-0.3, -0.25) is 0 Å². The molecule has 0 spiro atoms. The van der Waals surface area contributed by atoms with Crippen LogP contribution >= 0.6 is 15.9 Å². The van der Waals surface area contributed by atoms with Gasteiger partial charge >= 0.3 is 0 Å². The molecule has 0 aliphatic heterocycles. The molecule has 2 aromatic rings. The minimum atomic E-state index is 0.837. The van der Waals surface area contributed by atoms with Gasteiger partial charge in [0.05, 0.1) is 6.20 Å². The van der Waals surface area contributed by atoms with Crippen LogP contribution in [0.25, 0.3) is 11.0 Å². The van der Waals surface area contributed by atoms with Gasteiger partial charge in [0.1, 0.15) is 0 Å². The van der Waals surface area contributed by atoms with Crippen molar-refractivity contribution in [1.29, 1.82) is 0 Å². The van der Waals surface area contributed by atoms with Gasteiger partial charge in [-0.2, -0.15) is 5.10 Å². The third-order valence-electron chi connectivity index (χ3n) is 2.57. The summed E-state index contributed by atoms with van der Waals surface area (Å²) >= 11 is 3.41. The second-order valence-electron chi connectivity index (χ2n) is 3.84. The normalized spacial score (nSPS) is 16.4. The monoisotopic (exact) mass is 251 g/mol. The van der Waals surface area contributed by atoms with E-state index in [9.17, 15) is 0 Å². The zero-order valence-electron chi connectivity index (χ0n) is 7.65. The van der Waals surface area contributed by atoms with Crippen molar-refractivity contribution >= 4 is 27.0 Å². The van der Waals surface area contributed by atoms with Gasteiger partial charge in [-0.05, 0) is 40.8 Å². The molecular weight excluding hydrogens is 242 g/mol. The highest BCUT2D eigenvalue weighted by atomic mass is 79.9. The van der Waals surface area contributed by atoms with Gasteiger partial charge in [0.2, 0.25) is 0 Å². The summed E-state index contributed by atoms with van der Waals surface area (Å²) in [5.41, 5.74) is 1.00. The van der Waals surface area contributed by atoms with Gasteiger partial charge in [0.25, 0.3) is 0 Å². The van der Waals surface area contributed by atoms with Crippen molar-refractivity contribution in [2.24, 2.45) is 5.92 Å². The first-order chi connectivity index (χ1) is 6.83. The highest BCUT2D eigenvalue weighted by Crippen LogP contribution is 2.31. The molecule has 0 radical (unpaired) electrons. The Kier molecular flexibility index (Phi) is 1.83. The van der Waals surface area contributed by atoms with Crippen molar-refractivity contribution in [3.63, 3.8) is 0 Å². The van der Waals surface area contributed by atoms with Crippen molar-refractivity contribution in [2.45, 2.75) is 19.4 Å². The largest absolute Gasteiger partial charge is 0.247 e. The van der Waals surface area contributed by atoms with Crippen LogP contribution in [-0.2, 0) is 6.54 Å². The molecule has 0 N–H and O–H groups in total. The minimum Gasteiger partial charge on any atom is -0.247 e. The SMILES string of the molecule is Brc1cnc2c(cnn2CC2CC2)c1. The Morgan fingerprint density at radius 1 is 1.43 bits per heavy atom. The summed E-state index contributed by atoms with van der Waals surface area (Å²) < 4.78 is 3.02. The molecule has 0 aromatic carbocycles. The van der Waals surface area contributed by atoms with E-state index in [0.29, 0.717) is 0 Å². The quantitative estimate of drug-likeness (QED) is 0.822. The second-order valence-corrected chi connectivity index (χ2v) is 4.75. The zero-order valence-corrected chi connectivity index (χ0v) is 9.24. The first-order valence-electron chi connectivity index (χ1n) is 4.80. The maximum absolute atomic E-state index is 4.38. The van der Waals surface area contributed by atoms with Gasteiger partial charge in [-0.15, -0.1) is 0 Å². The predicted octanol–water partition coefficient (Wildman–Crippen LogP) is 2.60. The van der Waals surface area contributed by atoms with Crippen LogP contribution in [0.15, 0.2) is 22.9 Å². The van der Waals surface area contributed by atoms with Crippen molar-refractivity contribution in [1.82, 2.24) is 14.8 Å². The maximum atomic E-state index is 4.38. The van der Waals surface area contributed by atoms with E-state index in [-0.39, 0.29) is 0 Å². The molecule has 2 aromatic heterocycles. The van der Waals surface area contributed by atoms with E-state index in [4.69, 9.17) is 0 Å². The lowest BCUT2D eigenvalue weighted by atomic mass is 10.3. The first kappa shape index (κ1) is 8.41. The van der Waals surface area contributed by atoms with Crippen molar-refractivity contribution in [3.05, 3.63) is 22.9 Å². The summed E-state index contributed by atoms with van der Waals surface area (Å²) in [6.07, 6.45) is 6.40. The van der Waals surface area contributed by atoms with Gasteiger partial charge in [0.15, 0.2) is 5.65 Å². The molecule has 0 saturated heterocycles. The van der Waals surface area contributed by atoms with Crippen molar-refractivity contribution < 1.29 is 0 Å². The summed E-state index contributed by atoms with van der Waals surface area (Å²) in [6.45, 7) is 1.03. The molecule has 0 bridgehead atoms. The molecule has 3 nitrogen and oxygen atoms in total. The Hall–Kier alpha value is -0.900. The lowest BCUT2D eigenvalue weighted by Crippen LogP contribution is -2.02. The Morgan fingerprint density at radius 2 is 2.29 bits per heavy atom. The van der Waals surface area contributed by atoms with Crippen LogP contribution < -0.4 is 0 Å². The summed E-state index contributed by atoms with van der Waals surface area (Å²) in [6, 6.07) is 2.05. The number of hydrogen-bond acceptors (Lipinski definition) is 2. The Bertz CT molecular complexity index is 473. The summed E-state index contributed by atoms with van der Waals surface area (Å²) in [7, 11) is 0. The van der Waals surface area contributed by atoms with Crippen LogP contribution in [0.4, 0.5) is 0 Å². The van der Waals surface area contributed by atoms with E-state index in [2.05, 4.69) is 32.1 Å². The topological polar surface area (TPSA) is 30.7 Å². The first-order valence-corrected chi connectivity index (χ1v) is 5.59. The Labute approximate surface area is 90.3 Å².